The number of benzene rings is 1. The summed E-state index contributed by atoms with van der Waals surface area (Å²) < 4.78 is 5.68. The van der Waals surface area contributed by atoms with Crippen LogP contribution in [0.3, 0.4) is 0 Å². The zero-order chi connectivity index (χ0) is 11.5. The molecule has 3 nitrogen and oxygen atoms in total. The second-order valence-corrected chi connectivity index (χ2v) is 4.01. The lowest BCUT2D eigenvalue weighted by molar-refractivity contribution is 0.0398. The van der Waals surface area contributed by atoms with Gasteiger partial charge in [0.15, 0.2) is 0 Å². The molecule has 1 aromatic carbocycles. The Hall–Kier alpha value is -1.35. The second kappa shape index (κ2) is 4.66. The van der Waals surface area contributed by atoms with Crippen molar-refractivity contribution in [3.8, 4) is 0 Å². The highest BCUT2D eigenvalue weighted by Crippen LogP contribution is 2.29. The lowest BCUT2D eigenvalue weighted by Gasteiger charge is -2.25. The maximum Gasteiger partial charge on any atom is 0.251 e. The average molecular weight is 219 g/mol. The summed E-state index contributed by atoms with van der Waals surface area (Å²) in [5.74, 6) is -0.0256. The number of carbonyl (C=O) groups is 1. The Balaban J connectivity index is 2.35. The van der Waals surface area contributed by atoms with Crippen molar-refractivity contribution in [2.24, 2.45) is 0 Å². The molecule has 1 aliphatic rings. The Labute approximate surface area is 95.8 Å². The molecular formula is C13H17NO2. The van der Waals surface area contributed by atoms with Crippen molar-refractivity contribution in [2.45, 2.75) is 25.9 Å². The van der Waals surface area contributed by atoms with Crippen LogP contribution in [0, 0.1) is 0 Å². The Morgan fingerprint density at radius 2 is 2.38 bits per heavy atom. The number of fused-ring (bicyclic) bond motifs is 1. The van der Waals surface area contributed by atoms with E-state index in [1.165, 1.54) is 11.1 Å². The Bertz CT molecular complexity index is 401. The van der Waals surface area contributed by atoms with E-state index in [1.54, 1.807) is 7.05 Å². The predicted molar refractivity (Wildman–Crippen MR) is 62.5 cm³/mol. The standard InChI is InChI=1S/C13H17NO2/c1-3-12-11-5-4-10(13(15)14-2)8-9(11)6-7-16-12/h4-5,8,12H,3,6-7H2,1-2H3,(H,14,15). The van der Waals surface area contributed by atoms with Gasteiger partial charge in [-0.05, 0) is 36.1 Å². The van der Waals surface area contributed by atoms with Gasteiger partial charge in [0.2, 0.25) is 0 Å². The van der Waals surface area contributed by atoms with Crippen molar-refractivity contribution in [1.29, 1.82) is 0 Å². The smallest absolute Gasteiger partial charge is 0.251 e. The number of nitrogens with one attached hydrogen (secondary N) is 1. The van der Waals surface area contributed by atoms with E-state index in [9.17, 15) is 4.79 Å². The van der Waals surface area contributed by atoms with Crippen molar-refractivity contribution in [3.05, 3.63) is 34.9 Å². The minimum atomic E-state index is -0.0256. The molecule has 0 bridgehead atoms. The van der Waals surface area contributed by atoms with Gasteiger partial charge in [-0.3, -0.25) is 4.79 Å². The highest BCUT2D eigenvalue weighted by molar-refractivity contribution is 5.94. The van der Waals surface area contributed by atoms with E-state index in [0.29, 0.717) is 0 Å². The fourth-order valence-corrected chi connectivity index (χ4v) is 2.16. The molecule has 1 amide bonds. The number of ether oxygens (including phenoxy) is 1. The van der Waals surface area contributed by atoms with Crippen molar-refractivity contribution in [3.63, 3.8) is 0 Å². The highest BCUT2D eigenvalue weighted by Gasteiger charge is 2.20. The first kappa shape index (κ1) is 11.1. The quantitative estimate of drug-likeness (QED) is 0.827. The molecule has 1 aliphatic heterocycles. The maximum atomic E-state index is 11.5. The van der Waals surface area contributed by atoms with E-state index in [4.69, 9.17) is 4.74 Å². The van der Waals surface area contributed by atoms with E-state index in [0.717, 1.165) is 25.0 Å². The summed E-state index contributed by atoms with van der Waals surface area (Å²) in [7, 11) is 1.65. The summed E-state index contributed by atoms with van der Waals surface area (Å²) in [6.45, 7) is 2.87. The largest absolute Gasteiger partial charge is 0.373 e. The van der Waals surface area contributed by atoms with Crippen LogP contribution >= 0.6 is 0 Å². The monoisotopic (exact) mass is 219 g/mol. The molecule has 0 aliphatic carbocycles. The molecule has 1 atom stereocenters. The molecule has 16 heavy (non-hydrogen) atoms. The van der Waals surface area contributed by atoms with Crippen LogP contribution in [0.1, 0.15) is 40.9 Å². The minimum Gasteiger partial charge on any atom is -0.373 e. The van der Waals surface area contributed by atoms with Crippen molar-refractivity contribution < 1.29 is 9.53 Å². The molecule has 0 fully saturated rings. The van der Waals surface area contributed by atoms with Gasteiger partial charge >= 0.3 is 0 Å². The first-order valence-electron chi connectivity index (χ1n) is 5.72. The number of rotatable bonds is 2. The summed E-state index contributed by atoms with van der Waals surface area (Å²) in [5.41, 5.74) is 3.22. The first-order valence-corrected chi connectivity index (χ1v) is 5.72. The molecule has 1 unspecified atom stereocenters. The lowest BCUT2D eigenvalue weighted by atomic mass is 9.94. The van der Waals surface area contributed by atoms with Crippen LogP contribution in [0.2, 0.25) is 0 Å². The fourth-order valence-electron chi connectivity index (χ4n) is 2.16. The van der Waals surface area contributed by atoms with Crippen molar-refractivity contribution in [1.82, 2.24) is 5.32 Å². The number of amides is 1. The van der Waals surface area contributed by atoms with Crippen LogP contribution in [0.25, 0.3) is 0 Å². The molecular weight excluding hydrogens is 202 g/mol. The fraction of sp³-hybridized carbons (Fsp3) is 0.462. The van der Waals surface area contributed by atoms with Gasteiger partial charge in [0, 0.05) is 12.6 Å². The van der Waals surface area contributed by atoms with E-state index in [2.05, 4.69) is 12.2 Å². The van der Waals surface area contributed by atoms with E-state index >= 15 is 0 Å². The summed E-state index contributed by atoms with van der Waals surface area (Å²) in [5, 5.41) is 2.64. The molecule has 0 spiro atoms. The van der Waals surface area contributed by atoms with E-state index in [1.807, 2.05) is 18.2 Å². The third-order valence-electron chi connectivity index (χ3n) is 3.04. The molecule has 0 saturated carbocycles. The summed E-state index contributed by atoms with van der Waals surface area (Å²) >= 11 is 0. The Morgan fingerprint density at radius 3 is 3.06 bits per heavy atom. The second-order valence-electron chi connectivity index (χ2n) is 4.01. The van der Waals surface area contributed by atoms with Gasteiger partial charge in [0.25, 0.3) is 5.91 Å². The molecule has 0 saturated heterocycles. The average Bonchev–Trinajstić information content (AvgIpc) is 2.36. The van der Waals surface area contributed by atoms with Gasteiger partial charge in [-0.1, -0.05) is 13.0 Å². The highest BCUT2D eigenvalue weighted by atomic mass is 16.5. The molecule has 1 aromatic rings. The van der Waals surface area contributed by atoms with Gasteiger partial charge in [0.05, 0.1) is 12.7 Å². The summed E-state index contributed by atoms with van der Waals surface area (Å²) in [6, 6.07) is 5.88. The van der Waals surface area contributed by atoms with Gasteiger partial charge in [-0.2, -0.15) is 0 Å². The Kier molecular flexibility index (Phi) is 3.25. The third kappa shape index (κ3) is 1.95. The van der Waals surface area contributed by atoms with E-state index in [-0.39, 0.29) is 12.0 Å². The topological polar surface area (TPSA) is 38.3 Å². The molecule has 1 heterocycles. The van der Waals surface area contributed by atoms with Crippen molar-refractivity contribution in [2.75, 3.05) is 13.7 Å². The molecule has 0 radical (unpaired) electrons. The SMILES string of the molecule is CCC1OCCc2cc(C(=O)NC)ccc21. The van der Waals surface area contributed by atoms with Crippen LogP contribution < -0.4 is 5.32 Å². The Morgan fingerprint density at radius 1 is 1.56 bits per heavy atom. The normalized spacial score (nSPS) is 19.0. The number of carbonyl (C=O) groups excluding carboxylic acids is 1. The minimum absolute atomic E-state index is 0.0256. The number of hydrogen-bond donors (Lipinski definition) is 1. The van der Waals surface area contributed by atoms with Crippen LogP contribution in [0.15, 0.2) is 18.2 Å². The number of hydrogen-bond acceptors (Lipinski definition) is 2. The van der Waals surface area contributed by atoms with Gasteiger partial charge < -0.3 is 10.1 Å². The van der Waals surface area contributed by atoms with Crippen molar-refractivity contribution >= 4 is 5.91 Å². The molecule has 0 aromatic heterocycles. The van der Waals surface area contributed by atoms with Crippen LogP contribution in [-0.2, 0) is 11.2 Å². The maximum absolute atomic E-state index is 11.5. The van der Waals surface area contributed by atoms with Crippen LogP contribution in [0.4, 0.5) is 0 Å². The summed E-state index contributed by atoms with van der Waals surface area (Å²) in [4.78, 5) is 11.5. The first-order chi connectivity index (χ1) is 7.76. The molecule has 3 heteroatoms. The van der Waals surface area contributed by atoms with Crippen LogP contribution in [-0.4, -0.2) is 19.6 Å². The van der Waals surface area contributed by atoms with Gasteiger partial charge in [0.1, 0.15) is 0 Å². The van der Waals surface area contributed by atoms with Gasteiger partial charge in [-0.15, -0.1) is 0 Å². The lowest BCUT2D eigenvalue weighted by Crippen LogP contribution is -2.20. The van der Waals surface area contributed by atoms with E-state index < -0.39 is 0 Å². The van der Waals surface area contributed by atoms with Crippen LogP contribution in [0.5, 0.6) is 0 Å². The zero-order valence-corrected chi connectivity index (χ0v) is 9.75. The van der Waals surface area contributed by atoms with Gasteiger partial charge in [-0.25, -0.2) is 0 Å². The molecule has 2 rings (SSSR count). The predicted octanol–water partition coefficient (Wildman–Crippen LogP) is 2.07. The zero-order valence-electron chi connectivity index (χ0n) is 9.75. The third-order valence-corrected chi connectivity index (χ3v) is 3.04. The summed E-state index contributed by atoms with van der Waals surface area (Å²) in [6.07, 6.45) is 2.07. The molecule has 86 valence electrons. The molecule has 1 N–H and O–H groups in total.